The summed E-state index contributed by atoms with van der Waals surface area (Å²) in [5.74, 6) is 0.968. The van der Waals surface area contributed by atoms with Crippen molar-refractivity contribution in [3.63, 3.8) is 0 Å². The molecule has 0 spiro atoms. The van der Waals surface area contributed by atoms with E-state index in [9.17, 15) is 4.79 Å². The highest BCUT2D eigenvalue weighted by Gasteiger charge is 2.40. The van der Waals surface area contributed by atoms with Crippen LogP contribution in [0.3, 0.4) is 0 Å². The highest BCUT2D eigenvalue weighted by molar-refractivity contribution is 5.89. The highest BCUT2D eigenvalue weighted by Crippen LogP contribution is 2.33. The summed E-state index contributed by atoms with van der Waals surface area (Å²) in [7, 11) is 0. The molecule has 1 aliphatic carbocycles. The van der Waals surface area contributed by atoms with Crippen LogP contribution in [0.1, 0.15) is 31.6 Å². The molecular weight excluding hydrogens is 354 g/mol. The Bertz CT molecular complexity index is 905. The van der Waals surface area contributed by atoms with Gasteiger partial charge in [0.05, 0.1) is 0 Å². The summed E-state index contributed by atoms with van der Waals surface area (Å²) < 4.78 is 5.28. The van der Waals surface area contributed by atoms with E-state index in [0.29, 0.717) is 30.4 Å². The molecule has 0 bridgehead atoms. The van der Waals surface area contributed by atoms with E-state index in [1.165, 1.54) is 0 Å². The summed E-state index contributed by atoms with van der Waals surface area (Å²) >= 11 is 0. The number of benzene rings is 1. The van der Waals surface area contributed by atoms with E-state index in [4.69, 9.17) is 4.52 Å². The van der Waals surface area contributed by atoms with Gasteiger partial charge in [-0.3, -0.25) is 9.78 Å². The molecule has 1 aliphatic rings. The number of pyridine rings is 1. The van der Waals surface area contributed by atoms with Gasteiger partial charge in [0.2, 0.25) is 17.6 Å². The first kappa shape index (κ1) is 18.2. The molecule has 0 atom stereocenters. The first-order valence-corrected chi connectivity index (χ1v) is 9.61. The molecule has 0 unspecified atom stereocenters. The van der Waals surface area contributed by atoms with Gasteiger partial charge >= 0.3 is 0 Å². The van der Waals surface area contributed by atoms with Crippen LogP contribution in [0, 0.1) is 0 Å². The fourth-order valence-corrected chi connectivity index (χ4v) is 3.59. The van der Waals surface area contributed by atoms with Crippen LogP contribution in [0.5, 0.6) is 0 Å². The molecule has 2 heterocycles. The summed E-state index contributed by atoms with van der Waals surface area (Å²) in [6.07, 6.45) is 5.92. The monoisotopic (exact) mass is 377 g/mol. The van der Waals surface area contributed by atoms with Crippen LogP contribution in [0.2, 0.25) is 0 Å². The number of para-hydroxylation sites is 1. The minimum absolute atomic E-state index is 0.0262. The molecule has 7 nitrogen and oxygen atoms in total. The highest BCUT2D eigenvalue weighted by atomic mass is 16.5. The third-order valence-electron chi connectivity index (χ3n) is 5.04. The molecule has 144 valence electrons. The molecule has 7 heteroatoms. The second kappa shape index (κ2) is 8.21. The number of hydrogen-bond donors (Lipinski definition) is 2. The van der Waals surface area contributed by atoms with Crippen LogP contribution in [0.15, 0.2) is 59.3 Å². The van der Waals surface area contributed by atoms with Crippen molar-refractivity contribution in [2.24, 2.45) is 0 Å². The molecule has 2 aromatic heterocycles. The average Bonchev–Trinajstić information content (AvgIpc) is 3.40. The molecule has 3 aromatic rings. The third kappa shape index (κ3) is 4.03. The zero-order chi connectivity index (χ0) is 19.2. The van der Waals surface area contributed by atoms with Gasteiger partial charge in [0.25, 0.3) is 0 Å². The van der Waals surface area contributed by atoms with Crippen molar-refractivity contribution in [3.05, 3.63) is 60.6 Å². The standard InChI is InChI=1S/C21H23N5O2/c27-20(21(12-5-6-13-21)25-16-8-2-1-3-9-16)23-15-11-18-24-19(26-28-18)17-10-4-7-14-22-17/h1-4,7-10,14,25H,5-6,11-13,15H2,(H,23,27). The second-order valence-corrected chi connectivity index (χ2v) is 7.01. The maximum absolute atomic E-state index is 12.9. The number of anilines is 1. The van der Waals surface area contributed by atoms with Crippen molar-refractivity contribution in [2.75, 3.05) is 11.9 Å². The Morgan fingerprint density at radius 1 is 1.07 bits per heavy atom. The summed E-state index contributed by atoms with van der Waals surface area (Å²) in [4.78, 5) is 21.5. The van der Waals surface area contributed by atoms with Crippen LogP contribution in [0.25, 0.3) is 11.5 Å². The molecule has 0 saturated heterocycles. The molecule has 28 heavy (non-hydrogen) atoms. The zero-order valence-corrected chi connectivity index (χ0v) is 15.6. The maximum Gasteiger partial charge on any atom is 0.245 e. The molecule has 1 amide bonds. The van der Waals surface area contributed by atoms with Gasteiger partial charge < -0.3 is 15.2 Å². The lowest BCUT2D eigenvalue weighted by Crippen LogP contribution is -2.51. The zero-order valence-electron chi connectivity index (χ0n) is 15.6. The van der Waals surface area contributed by atoms with Gasteiger partial charge in [0.1, 0.15) is 11.2 Å². The van der Waals surface area contributed by atoms with Crippen LogP contribution in [0.4, 0.5) is 5.69 Å². The van der Waals surface area contributed by atoms with E-state index in [-0.39, 0.29) is 5.91 Å². The van der Waals surface area contributed by atoms with Gasteiger partial charge in [-0.05, 0) is 37.1 Å². The molecule has 1 saturated carbocycles. The lowest BCUT2D eigenvalue weighted by atomic mass is 9.95. The third-order valence-corrected chi connectivity index (χ3v) is 5.04. The molecule has 1 fully saturated rings. The minimum atomic E-state index is -0.546. The summed E-state index contributed by atoms with van der Waals surface area (Å²) in [5, 5.41) is 10.5. The first-order chi connectivity index (χ1) is 13.8. The normalized spacial score (nSPS) is 15.3. The fraction of sp³-hybridized carbons (Fsp3) is 0.333. The van der Waals surface area contributed by atoms with Crippen molar-refractivity contribution in [1.82, 2.24) is 20.4 Å². The number of hydrogen-bond acceptors (Lipinski definition) is 6. The van der Waals surface area contributed by atoms with Crippen LogP contribution >= 0.6 is 0 Å². The van der Waals surface area contributed by atoms with Gasteiger partial charge in [-0.15, -0.1) is 0 Å². The van der Waals surface area contributed by atoms with Crippen molar-refractivity contribution in [2.45, 2.75) is 37.6 Å². The number of rotatable bonds is 7. The van der Waals surface area contributed by atoms with E-state index in [0.717, 1.165) is 31.4 Å². The lowest BCUT2D eigenvalue weighted by Gasteiger charge is -2.30. The van der Waals surface area contributed by atoms with Gasteiger partial charge in [-0.1, -0.05) is 42.3 Å². The van der Waals surface area contributed by atoms with Crippen molar-refractivity contribution >= 4 is 11.6 Å². The van der Waals surface area contributed by atoms with Crippen molar-refractivity contribution in [1.29, 1.82) is 0 Å². The summed E-state index contributed by atoms with van der Waals surface area (Å²) in [6, 6.07) is 15.4. The predicted octanol–water partition coefficient (Wildman–Crippen LogP) is 3.22. The molecule has 1 aromatic carbocycles. The maximum atomic E-state index is 12.9. The van der Waals surface area contributed by atoms with Crippen molar-refractivity contribution < 1.29 is 9.32 Å². The largest absolute Gasteiger partial charge is 0.371 e. The van der Waals surface area contributed by atoms with Gasteiger partial charge in [-0.25, -0.2) is 0 Å². The SMILES string of the molecule is O=C(NCCc1nc(-c2ccccn2)no1)C1(Nc2ccccc2)CCCC1. The van der Waals surface area contributed by atoms with Crippen LogP contribution in [-0.4, -0.2) is 33.1 Å². The van der Waals surface area contributed by atoms with Gasteiger partial charge in [0, 0.05) is 24.8 Å². The second-order valence-electron chi connectivity index (χ2n) is 7.01. The number of nitrogens with zero attached hydrogens (tertiary/aromatic N) is 3. The molecule has 4 rings (SSSR count). The molecule has 0 radical (unpaired) electrons. The van der Waals surface area contributed by atoms with Crippen LogP contribution in [-0.2, 0) is 11.2 Å². The van der Waals surface area contributed by atoms with E-state index in [2.05, 4.69) is 25.8 Å². The predicted molar refractivity (Wildman–Crippen MR) is 106 cm³/mol. The number of carbonyl (C=O) groups excluding carboxylic acids is 1. The Balaban J connectivity index is 1.35. The Morgan fingerprint density at radius 3 is 2.61 bits per heavy atom. The Hall–Kier alpha value is -3.22. The van der Waals surface area contributed by atoms with E-state index < -0.39 is 5.54 Å². The lowest BCUT2D eigenvalue weighted by molar-refractivity contribution is -0.125. The topological polar surface area (TPSA) is 92.9 Å². The number of aromatic nitrogens is 3. The Kier molecular flexibility index (Phi) is 5.32. The van der Waals surface area contributed by atoms with E-state index in [1.807, 2.05) is 48.5 Å². The minimum Gasteiger partial charge on any atom is -0.371 e. The van der Waals surface area contributed by atoms with E-state index >= 15 is 0 Å². The van der Waals surface area contributed by atoms with Gasteiger partial charge in [0.15, 0.2) is 0 Å². The number of amides is 1. The smallest absolute Gasteiger partial charge is 0.245 e. The first-order valence-electron chi connectivity index (χ1n) is 9.61. The fourth-order valence-electron chi connectivity index (χ4n) is 3.59. The Labute approximate surface area is 163 Å². The summed E-state index contributed by atoms with van der Waals surface area (Å²) in [5.41, 5.74) is 1.09. The number of nitrogens with one attached hydrogen (secondary N) is 2. The quantitative estimate of drug-likeness (QED) is 0.657. The average molecular weight is 377 g/mol. The number of carbonyl (C=O) groups is 1. The molecule has 2 N–H and O–H groups in total. The molecule has 0 aliphatic heterocycles. The Morgan fingerprint density at radius 2 is 1.86 bits per heavy atom. The van der Waals surface area contributed by atoms with Gasteiger partial charge in [-0.2, -0.15) is 4.98 Å². The summed E-state index contributed by atoms with van der Waals surface area (Å²) in [6.45, 7) is 0.445. The van der Waals surface area contributed by atoms with Crippen LogP contribution < -0.4 is 10.6 Å². The van der Waals surface area contributed by atoms with Crippen molar-refractivity contribution in [3.8, 4) is 11.5 Å². The molecular formula is C21H23N5O2. The van der Waals surface area contributed by atoms with E-state index in [1.54, 1.807) is 6.20 Å².